The number of anilines is 1. The highest BCUT2D eigenvalue weighted by molar-refractivity contribution is 6.31. The number of oxazole rings is 1. The maximum atomic E-state index is 12.8. The highest BCUT2D eigenvalue weighted by Gasteiger charge is 2.34. The maximum Gasteiger partial charge on any atom is 0.277 e. The number of carbonyl (C=O) groups excluding carboxylic acids is 1. The van der Waals surface area contributed by atoms with Crippen molar-refractivity contribution in [1.82, 2.24) is 4.98 Å². The fourth-order valence-corrected chi connectivity index (χ4v) is 2.90. The average Bonchev–Trinajstić information content (AvgIpc) is 3.37. The second-order valence-corrected chi connectivity index (χ2v) is 6.72. The van der Waals surface area contributed by atoms with Gasteiger partial charge in [0.15, 0.2) is 5.69 Å². The van der Waals surface area contributed by atoms with Crippen molar-refractivity contribution in [2.24, 2.45) is 0 Å². The Morgan fingerprint density at radius 3 is 2.68 bits per heavy atom. The van der Waals surface area contributed by atoms with Crippen LogP contribution < -0.4 is 5.32 Å². The van der Waals surface area contributed by atoms with Gasteiger partial charge in [0.25, 0.3) is 5.91 Å². The summed E-state index contributed by atoms with van der Waals surface area (Å²) in [4.78, 5) is 17.3. The third kappa shape index (κ3) is 3.30. The first-order valence-corrected chi connectivity index (χ1v) is 8.63. The van der Waals surface area contributed by atoms with Crippen LogP contribution in [-0.4, -0.2) is 10.9 Å². The molecule has 4 rings (SSSR count). The molecule has 0 spiro atoms. The SMILES string of the molecule is Cc1ccc(Cl)cc1NC(=O)c1nc(-c2ccccc2)oc1C1CC1. The van der Waals surface area contributed by atoms with E-state index in [9.17, 15) is 4.79 Å². The number of aromatic nitrogens is 1. The van der Waals surface area contributed by atoms with Gasteiger partial charge in [0.05, 0.1) is 0 Å². The first-order chi connectivity index (χ1) is 12.1. The zero-order chi connectivity index (χ0) is 17.4. The summed E-state index contributed by atoms with van der Waals surface area (Å²) in [7, 11) is 0. The van der Waals surface area contributed by atoms with E-state index in [1.807, 2.05) is 43.3 Å². The van der Waals surface area contributed by atoms with Crippen molar-refractivity contribution in [3.63, 3.8) is 0 Å². The minimum Gasteiger partial charge on any atom is -0.440 e. The lowest BCUT2D eigenvalue weighted by Gasteiger charge is -2.08. The zero-order valence-electron chi connectivity index (χ0n) is 13.8. The van der Waals surface area contributed by atoms with Gasteiger partial charge in [-0.05, 0) is 49.6 Å². The molecule has 1 N–H and O–H groups in total. The molecule has 2 aromatic carbocycles. The van der Waals surface area contributed by atoms with Gasteiger partial charge in [-0.2, -0.15) is 0 Å². The molecule has 0 aliphatic heterocycles. The molecule has 1 aliphatic rings. The number of rotatable bonds is 4. The van der Waals surface area contributed by atoms with Crippen LogP contribution in [0.15, 0.2) is 52.9 Å². The van der Waals surface area contributed by atoms with Gasteiger partial charge >= 0.3 is 0 Å². The molecule has 1 aliphatic carbocycles. The summed E-state index contributed by atoms with van der Waals surface area (Å²) in [6.45, 7) is 1.92. The molecule has 1 fully saturated rings. The third-order valence-corrected chi connectivity index (χ3v) is 4.52. The Bertz CT molecular complexity index is 930. The molecular weight excluding hydrogens is 336 g/mol. The van der Waals surface area contributed by atoms with Crippen LogP contribution in [0.3, 0.4) is 0 Å². The molecule has 0 atom stereocenters. The minimum atomic E-state index is -0.266. The number of aryl methyl sites for hydroxylation is 1. The van der Waals surface area contributed by atoms with E-state index in [4.69, 9.17) is 16.0 Å². The third-order valence-electron chi connectivity index (χ3n) is 4.29. The highest BCUT2D eigenvalue weighted by Crippen LogP contribution is 2.43. The van der Waals surface area contributed by atoms with E-state index in [1.54, 1.807) is 12.1 Å². The number of carbonyl (C=O) groups is 1. The lowest BCUT2D eigenvalue weighted by atomic mass is 10.2. The molecule has 5 heteroatoms. The first kappa shape index (κ1) is 15.9. The van der Waals surface area contributed by atoms with Crippen LogP contribution in [0.1, 0.15) is 40.6 Å². The number of nitrogens with zero attached hydrogens (tertiary/aromatic N) is 1. The molecule has 1 aromatic heterocycles. The van der Waals surface area contributed by atoms with Crippen LogP contribution in [-0.2, 0) is 0 Å². The van der Waals surface area contributed by atoms with Crippen LogP contribution in [0, 0.1) is 6.92 Å². The standard InChI is InChI=1S/C20H17ClN2O2/c1-12-7-10-15(21)11-16(12)22-19(24)17-18(13-8-9-13)25-20(23-17)14-5-3-2-4-6-14/h2-7,10-11,13H,8-9H2,1H3,(H,22,24). The second-order valence-electron chi connectivity index (χ2n) is 6.29. The fourth-order valence-electron chi connectivity index (χ4n) is 2.73. The van der Waals surface area contributed by atoms with Gasteiger partial charge < -0.3 is 9.73 Å². The molecule has 1 amide bonds. The lowest BCUT2D eigenvalue weighted by Crippen LogP contribution is -2.15. The number of benzene rings is 2. The Morgan fingerprint density at radius 1 is 1.20 bits per heavy atom. The van der Waals surface area contributed by atoms with Crippen LogP contribution in [0.2, 0.25) is 5.02 Å². The van der Waals surface area contributed by atoms with E-state index >= 15 is 0 Å². The normalized spacial score (nSPS) is 13.7. The molecule has 0 saturated heterocycles. The van der Waals surface area contributed by atoms with E-state index in [-0.39, 0.29) is 11.8 Å². The second kappa shape index (κ2) is 6.37. The largest absolute Gasteiger partial charge is 0.440 e. The molecule has 0 bridgehead atoms. The quantitative estimate of drug-likeness (QED) is 0.680. The Hall–Kier alpha value is -2.59. The highest BCUT2D eigenvalue weighted by atomic mass is 35.5. The molecule has 0 unspecified atom stereocenters. The monoisotopic (exact) mass is 352 g/mol. The molecular formula is C20H17ClN2O2. The predicted octanol–water partition coefficient (Wildman–Crippen LogP) is 5.43. The summed E-state index contributed by atoms with van der Waals surface area (Å²) < 4.78 is 5.94. The van der Waals surface area contributed by atoms with Crippen molar-refractivity contribution >= 4 is 23.2 Å². The van der Waals surface area contributed by atoms with Gasteiger partial charge in [0.1, 0.15) is 5.76 Å². The maximum absolute atomic E-state index is 12.8. The molecule has 0 radical (unpaired) electrons. The van der Waals surface area contributed by atoms with Crippen molar-refractivity contribution in [3.05, 3.63) is 70.6 Å². The molecule has 1 heterocycles. The summed E-state index contributed by atoms with van der Waals surface area (Å²) in [5.41, 5.74) is 2.85. The molecule has 1 saturated carbocycles. The summed E-state index contributed by atoms with van der Waals surface area (Å²) in [5, 5.41) is 3.49. The molecule has 4 nitrogen and oxygen atoms in total. The summed E-state index contributed by atoms with van der Waals surface area (Å²) >= 11 is 6.04. The predicted molar refractivity (Wildman–Crippen MR) is 98.1 cm³/mol. The number of amides is 1. The van der Waals surface area contributed by atoms with E-state index in [1.165, 1.54) is 0 Å². The zero-order valence-corrected chi connectivity index (χ0v) is 14.5. The Balaban J connectivity index is 1.68. The van der Waals surface area contributed by atoms with Crippen LogP contribution >= 0.6 is 11.6 Å². The summed E-state index contributed by atoms with van der Waals surface area (Å²) in [6.07, 6.45) is 2.06. The van der Waals surface area contributed by atoms with Gasteiger partial charge in [-0.25, -0.2) is 4.98 Å². The number of halogens is 1. The van der Waals surface area contributed by atoms with Crippen LogP contribution in [0.5, 0.6) is 0 Å². The smallest absolute Gasteiger partial charge is 0.277 e. The van der Waals surface area contributed by atoms with Gasteiger partial charge in [-0.15, -0.1) is 0 Å². The van der Waals surface area contributed by atoms with Crippen molar-refractivity contribution in [2.45, 2.75) is 25.7 Å². The topological polar surface area (TPSA) is 55.1 Å². The van der Waals surface area contributed by atoms with E-state index in [0.29, 0.717) is 28.1 Å². The molecule has 126 valence electrons. The van der Waals surface area contributed by atoms with Crippen molar-refractivity contribution in [3.8, 4) is 11.5 Å². The van der Waals surface area contributed by atoms with E-state index in [2.05, 4.69) is 10.3 Å². The first-order valence-electron chi connectivity index (χ1n) is 8.25. The molecule has 25 heavy (non-hydrogen) atoms. The fraction of sp³-hybridized carbons (Fsp3) is 0.200. The summed E-state index contributed by atoms with van der Waals surface area (Å²) in [5.74, 6) is 1.18. The minimum absolute atomic E-state index is 0.266. The van der Waals surface area contributed by atoms with E-state index in [0.717, 1.165) is 24.0 Å². The van der Waals surface area contributed by atoms with Crippen LogP contribution in [0.25, 0.3) is 11.5 Å². The Morgan fingerprint density at radius 2 is 1.96 bits per heavy atom. The van der Waals surface area contributed by atoms with Crippen LogP contribution in [0.4, 0.5) is 5.69 Å². The van der Waals surface area contributed by atoms with Gasteiger partial charge in [0.2, 0.25) is 5.89 Å². The van der Waals surface area contributed by atoms with Crippen molar-refractivity contribution < 1.29 is 9.21 Å². The van der Waals surface area contributed by atoms with E-state index < -0.39 is 0 Å². The Kier molecular flexibility index (Phi) is 4.06. The number of hydrogen-bond donors (Lipinski definition) is 1. The van der Waals surface area contributed by atoms with Crippen molar-refractivity contribution in [2.75, 3.05) is 5.32 Å². The number of nitrogens with one attached hydrogen (secondary N) is 1. The number of hydrogen-bond acceptors (Lipinski definition) is 3. The van der Waals surface area contributed by atoms with Gasteiger partial charge in [0, 0.05) is 22.2 Å². The lowest BCUT2D eigenvalue weighted by molar-refractivity contribution is 0.102. The van der Waals surface area contributed by atoms with Crippen molar-refractivity contribution in [1.29, 1.82) is 0 Å². The Labute approximate surface area is 150 Å². The molecule has 3 aromatic rings. The van der Waals surface area contributed by atoms with Gasteiger partial charge in [-0.1, -0.05) is 35.9 Å². The summed E-state index contributed by atoms with van der Waals surface area (Å²) in [6, 6.07) is 15.0. The van der Waals surface area contributed by atoms with Gasteiger partial charge in [-0.3, -0.25) is 4.79 Å². The average molecular weight is 353 g/mol.